The van der Waals surface area contributed by atoms with Gasteiger partial charge in [0.25, 0.3) is 0 Å². The second-order valence-electron chi connectivity index (χ2n) is 8.61. The Morgan fingerprint density at radius 3 is 2.54 bits per heavy atom. The third kappa shape index (κ3) is 6.22. The lowest BCUT2D eigenvalue weighted by Gasteiger charge is -2.25. The molecule has 0 N–H and O–H groups in total. The van der Waals surface area contributed by atoms with Crippen LogP contribution in [0.4, 0.5) is 5.69 Å². The fourth-order valence-corrected chi connectivity index (χ4v) is 5.43. The van der Waals surface area contributed by atoms with Crippen molar-refractivity contribution in [3.63, 3.8) is 0 Å². The lowest BCUT2D eigenvalue weighted by molar-refractivity contribution is -0.143. The summed E-state index contributed by atoms with van der Waals surface area (Å²) in [6.07, 6.45) is 10.4. The number of nitrogens with zero attached hydrogens (tertiary/aromatic N) is 4. The molecular formula is C28H32N4O2S. The van der Waals surface area contributed by atoms with Crippen molar-refractivity contribution in [3.05, 3.63) is 90.3 Å². The van der Waals surface area contributed by atoms with Crippen molar-refractivity contribution in [1.29, 1.82) is 0 Å². The summed E-state index contributed by atoms with van der Waals surface area (Å²) in [4.78, 5) is 14.1. The van der Waals surface area contributed by atoms with E-state index < -0.39 is 0 Å². The Hall–Kier alpha value is -3.32. The Morgan fingerprint density at radius 1 is 1.11 bits per heavy atom. The van der Waals surface area contributed by atoms with Crippen LogP contribution in [0.25, 0.3) is 5.69 Å². The minimum Gasteiger partial charge on any atom is -0.466 e. The molecule has 1 heterocycles. The lowest BCUT2D eigenvalue weighted by atomic mass is 9.92. The van der Waals surface area contributed by atoms with Crippen LogP contribution in [-0.2, 0) is 16.0 Å². The number of anilines is 1. The topological polar surface area (TPSA) is 60.2 Å². The van der Waals surface area contributed by atoms with Crippen molar-refractivity contribution >= 4 is 23.4 Å². The number of benzene rings is 2. The number of aromatic nitrogens is 3. The van der Waals surface area contributed by atoms with Gasteiger partial charge in [-0.15, -0.1) is 10.2 Å². The third-order valence-corrected chi connectivity index (χ3v) is 7.30. The van der Waals surface area contributed by atoms with Crippen LogP contribution in [0.2, 0.25) is 0 Å². The van der Waals surface area contributed by atoms with Crippen LogP contribution >= 0.6 is 11.8 Å². The Morgan fingerprint density at radius 2 is 1.89 bits per heavy atom. The quantitative estimate of drug-likeness (QED) is 0.266. The first-order chi connectivity index (χ1) is 17.1. The monoisotopic (exact) mass is 488 g/mol. The Bertz CT molecular complexity index is 1170. The molecule has 0 saturated heterocycles. The summed E-state index contributed by atoms with van der Waals surface area (Å²) in [5.41, 5.74) is 3.35. The predicted molar refractivity (Wildman–Crippen MR) is 142 cm³/mol. The molecular weight excluding hydrogens is 456 g/mol. The molecule has 0 aliphatic heterocycles. The van der Waals surface area contributed by atoms with Gasteiger partial charge in [-0.05, 0) is 49.1 Å². The van der Waals surface area contributed by atoms with Gasteiger partial charge in [-0.1, -0.05) is 66.4 Å². The molecule has 2 aromatic carbocycles. The summed E-state index contributed by atoms with van der Waals surface area (Å²) in [5.74, 6) is 0.876. The molecule has 4 rings (SSSR count). The van der Waals surface area contributed by atoms with Gasteiger partial charge >= 0.3 is 5.97 Å². The zero-order valence-electron chi connectivity index (χ0n) is 20.5. The molecule has 0 spiro atoms. The second-order valence-corrected chi connectivity index (χ2v) is 9.72. The van der Waals surface area contributed by atoms with Gasteiger partial charge in [0.05, 0.1) is 13.0 Å². The Kier molecular flexibility index (Phi) is 8.42. The first kappa shape index (κ1) is 24.8. The maximum absolute atomic E-state index is 12.1. The van der Waals surface area contributed by atoms with E-state index >= 15 is 0 Å². The zero-order valence-corrected chi connectivity index (χ0v) is 21.3. The van der Waals surface area contributed by atoms with Gasteiger partial charge in [0.2, 0.25) is 0 Å². The number of aryl methyl sites for hydroxylation is 1. The molecule has 0 fully saturated rings. The molecule has 1 aromatic heterocycles. The van der Waals surface area contributed by atoms with Crippen molar-refractivity contribution in [1.82, 2.24) is 14.8 Å². The van der Waals surface area contributed by atoms with Gasteiger partial charge in [0, 0.05) is 37.1 Å². The van der Waals surface area contributed by atoms with Gasteiger partial charge < -0.3 is 9.64 Å². The molecule has 6 nitrogen and oxygen atoms in total. The number of carbonyl (C=O) groups is 1. The number of carbonyl (C=O) groups excluding carboxylic acids is 1. The average molecular weight is 489 g/mol. The van der Waals surface area contributed by atoms with Crippen molar-refractivity contribution in [2.75, 3.05) is 25.6 Å². The zero-order chi connectivity index (χ0) is 24.6. The maximum atomic E-state index is 12.1. The summed E-state index contributed by atoms with van der Waals surface area (Å²) >= 11 is 1.72. The van der Waals surface area contributed by atoms with Crippen LogP contribution in [0.15, 0.2) is 84.1 Å². The second kappa shape index (κ2) is 11.9. The number of rotatable bonds is 10. The van der Waals surface area contributed by atoms with Gasteiger partial charge in [0.1, 0.15) is 5.82 Å². The van der Waals surface area contributed by atoms with Crippen LogP contribution < -0.4 is 4.90 Å². The fourth-order valence-electron chi connectivity index (χ4n) is 4.13. The van der Waals surface area contributed by atoms with E-state index in [2.05, 4.69) is 92.5 Å². The molecule has 0 saturated carbocycles. The summed E-state index contributed by atoms with van der Waals surface area (Å²) in [6.45, 7) is 2.20. The van der Waals surface area contributed by atoms with E-state index in [1.165, 1.54) is 5.56 Å². The summed E-state index contributed by atoms with van der Waals surface area (Å²) in [7, 11) is 4.05. The molecule has 1 aliphatic rings. The van der Waals surface area contributed by atoms with E-state index in [0.29, 0.717) is 18.9 Å². The Balaban J connectivity index is 1.70. The van der Waals surface area contributed by atoms with Crippen LogP contribution in [0.1, 0.15) is 36.4 Å². The molecule has 0 radical (unpaired) electrons. The lowest BCUT2D eigenvalue weighted by Crippen LogP contribution is -2.12. The van der Waals surface area contributed by atoms with Crippen LogP contribution in [0, 0.1) is 5.92 Å². The average Bonchev–Trinajstić information content (AvgIpc) is 3.29. The summed E-state index contributed by atoms with van der Waals surface area (Å²) in [6, 6.07) is 18.9. The van der Waals surface area contributed by atoms with Crippen LogP contribution in [-0.4, -0.2) is 41.4 Å². The summed E-state index contributed by atoms with van der Waals surface area (Å²) in [5, 5.41) is 10.1. The largest absolute Gasteiger partial charge is 0.466 e. The standard InChI is InChI=1S/C28H32N4O2S/c1-4-34-26(33)20-19-25-29-30-28(32(25)24-17-15-23(16-18-24)31(2)3)35-27(21-11-7-5-8-12-21)22-13-9-6-10-14-22/h5-13,15-18,22,27H,4,14,19-20H2,1-3H3. The number of esters is 1. The first-order valence-electron chi connectivity index (χ1n) is 12.0. The highest BCUT2D eigenvalue weighted by atomic mass is 32.2. The van der Waals surface area contributed by atoms with Gasteiger partial charge in [-0.2, -0.15) is 0 Å². The van der Waals surface area contributed by atoms with E-state index in [-0.39, 0.29) is 17.6 Å². The van der Waals surface area contributed by atoms with Crippen molar-refractivity contribution in [3.8, 4) is 5.69 Å². The SMILES string of the molecule is CCOC(=O)CCc1nnc(SC(c2ccccc2)C2C=CC=CC2)n1-c1ccc(N(C)C)cc1. The van der Waals surface area contributed by atoms with E-state index in [1.54, 1.807) is 11.8 Å². The van der Waals surface area contributed by atoms with E-state index in [0.717, 1.165) is 28.8 Å². The van der Waals surface area contributed by atoms with Gasteiger partial charge in [0.15, 0.2) is 5.16 Å². The molecule has 2 atom stereocenters. The van der Waals surface area contributed by atoms with Crippen molar-refractivity contribution < 1.29 is 9.53 Å². The van der Waals surface area contributed by atoms with Gasteiger partial charge in [-0.25, -0.2) is 0 Å². The molecule has 0 bridgehead atoms. The molecule has 35 heavy (non-hydrogen) atoms. The minimum atomic E-state index is -0.222. The van der Waals surface area contributed by atoms with Crippen molar-refractivity contribution in [2.24, 2.45) is 5.92 Å². The number of ether oxygens (including phenoxy) is 1. The molecule has 2 unspecified atom stereocenters. The normalized spacial score (nSPS) is 15.7. The highest BCUT2D eigenvalue weighted by Crippen LogP contribution is 2.43. The van der Waals surface area contributed by atoms with Crippen molar-refractivity contribution in [2.45, 2.75) is 36.6 Å². The predicted octanol–water partition coefficient (Wildman–Crippen LogP) is 5.79. The van der Waals surface area contributed by atoms with Crippen LogP contribution in [0.5, 0.6) is 0 Å². The fraction of sp³-hybridized carbons (Fsp3) is 0.321. The first-order valence-corrected chi connectivity index (χ1v) is 12.9. The third-order valence-electron chi connectivity index (χ3n) is 5.95. The maximum Gasteiger partial charge on any atom is 0.306 e. The molecule has 0 amide bonds. The molecule has 7 heteroatoms. The van der Waals surface area contributed by atoms with E-state index in [1.807, 2.05) is 27.1 Å². The molecule has 182 valence electrons. The van der Waals surface area contributed by atoms with Gasteiger partial charge in [-0.3, -0.25) is 9.36 Å². The highest BCUT2D eigenvalue weighted by Gasteiger charge is 2.26. The number of hydrogen-bond donors (Lipinski definition) is 0. The number of thioether (sulfide) groups is 1. The van der Waals surface area contributed by atoms with E-state index in [9.17, 15) is 4.79 Å². The minimum absolute atomic E-state index is 0.180. The van der Waals surface area contributed by atoms with Crippen LogP contribution in [0.3, 0.4) is 0 Å². The molecule has 3 aromatic rings. The number of allylic oxidation sites excluding steroid dienone is 4. The van der Waals surface area contributed by atoms with E-state index in [4.69, 9.17) is 4.74 Å². The summed E-state index contributed by atoms with van der Waals surface area (Å²) < 4.78 is 7.22. The Labute approximate surface area is 211 Å². The molecule has 1 aliphatic carbocycles. The smallest absolute Gasteiger partial charge is 0.306 e. The highest BCUT2D eigenvalue weighted by molar-refractivity contribution is 7.99. The number of hydrogen-bond acceptors (Lipinski definition) is 6.